The number of aromatic nitrogens is 1. The van der Waals surface area contributed by atoms with Crippen molar-refractivity contribution in [2.45, 2.75) is 25.2 Å². The molecule has 1 amide bonds. The van der Waals surface area contributed by atoms with Crippen LogP contribution >= 0.6 is 0 Å². The van der Waals surface area contributed by atoms with Gasteiger partial charge in [-0.1, -0.05) is 24.3 Å². The van der Waals surface area contributed by atoms with Crippen molar-refractivity contribution in [1.82, 2.24) is 4.98 Å². The Balaban J connectivity index is 1.51. The van der Waals surface area contributed by atoms with Crippen molar-refractivity contribution in [1.29, 1.82) is 0 Å². The fourth-order valence-corrected chi connectivity index (χ4v) is 4.19. The fraction of sp³-hybridized carbons (Fsp3) is 0.269. The number of primary amides is 1. The van der Waals surface area contributed by atoms with Gasteiger partial charge in [-0.3, -0.25) is 9.59 Å². The number of rotatable bonds is 9. The van der Waals surface area contributed by atoms with Crippen LogP contribution in [0.1, 0.15) is 45.0 Å². The SMILES string of the molecule is COC(=O)c1c[nH]c(=O)c([C@@H](CC(N)=O)c2ccc(OCCc3ccc4c(c3)CCO4)cc2)c1O. The quantitative estimate of drug-likeness (QED) is 0.401. The third-order valence-electron chi connectivity index (χ3n) is 5.96. The van der Waals surface area contributed by atoms with E-state index in [9.17, 15) is 19.5 Å². The van der Waals surface area contributed by atoms with Gasteiger partial charge in [0, 0.05) is 31.4 Å². The van der Waals surface area contributed by atoms with Gasteiger partial charge in [-0.2, -0.15) is 0 Å². The minimum Gasteiger partial charge on any atom is -0.506 e. The number of esters is 1. The third kappa shape index (κ3) is 5.29. The summed E-state index contributed by atoms with van der Waals surface area (Å²) in [5.41, 5.74) is 7.35. The lowest BCUT2D eigenvalue weighted by molar-refractivity contribution is -0.118. The highest BCUT2D eigenvalue weighted by Crippen LogP contribution is 2.34. The van der Waals surface area contributed by atoms with Gasteiger partial charge in [0.1, 0.15) is 22.8 Å². The molecular formula is C26H26N2O7. The molecule has 2 aromatic carbocycles. The van der Waals surface area contributed by atoms with Crippen LogP contribution in [0.3, 0.4) is 0 Å². The van der Waals surface area contributed by atoms with Gasteiger partial charge in [-0.15, -0.1) is 0 Å². The summed E-state index contributed by atoms with van der Waals surface area (Å²) >= 11 is 0. The number of hydrogen-bond acceptors (Lipinski definition) is 7. The molecule has 0 saturated heterocycles. The van der Waals surface area contributed by atoms with E-state index in [-0.39, 0.29) is 17.5 Å². The summed E-state index contributed by atoms with van der Waals surface area (Å²) in [4.78, 5) is 38.7. The number of methoxy groups -OCH3 is 1. The molecule has 35 heavy (non-hydrogen) atoms. The van der Waals surface area contributed by atoms with E-state index >= 15 is 0 Å². The Bertz CT molecular complexity index is 1300. The number of benzene rings is 2. The minimum absolute atomic E-state index is 0.138. The summed E-state index contributed by atoms with van der Waals surface area (Å²) in [6.07, 6.45) is 2.46. The van der Waals surface area contributed by atoms with Gasteiger partial charge in [0.25, 0.3) is 5.56 Å². The van der Waals surface area contributed by atoms with Crippen molar-refractivity contribution in [3.8, 4) is 17.2 Å². The number of H-pyrrole nitrogens is 1. The van der Waals surface area contributed by atoms with Crippen molar-refractivity contribution >= 4 is 11.9 Å². The van der Waals surface area contributed by atoms with Crippen LogP contribution in [0.2, 0.25) is 0 Å². The standard InChI is InChI=1S/C26H26N2O7/c1-33-26(32)20-14-28-25(31)23(24(20)30)19(13-22(27)29)16-3-5-18(6-4-16)34-10-8-15-2-7-21-17(12-15)9-11-35-21/h2-7,12,14,19H,8-11,13H2,1H3,(H2,27,29)(H2,28,30,31)/t19-/m0/s1. The van der Waals surface area contributed by atoms with E-state index < -0.39 is 29.1 Å². The molecule has 0 spiro atoms. The van der Waals surface area contributed by atoms with Gasteiger partial charge in [-0.05, 0) is 34.9 Å². The first kappa shape index (κ1) is 23.9. The second kappa shape index (κ2) is 10.3. The monoisotopic (exact) mass is 478 g/mol. The summed E-state index contributed by atoms with van der Waals surface area (Å²) in [5.74, 6) is -1.36. The van der Waals surface area contributed by atoms with Gasteiger partial charge in [-0.25, -0.2) is 4.79 Å². The number of ether oxygens (including phenoxy) is 3. The number of aromatic hydroxyl groups is 1. The lowest BCUT2D eigenvalue weighted by Crippen LogP contribution is -2.23. The number of amides is 1. The molecule has 1 aliphatic heterocycles. The van der Waals surface area contributed by atoms with E-state index in [2.05, 4.69) is 15.8 Å². The zero-order chi connectivity index (χ0) is 24.9. The highest BCUT2D eigenvalue weighted by Gasteiger charge is 2.27. The van der Waals surface area contributed by atoms with Crippen molar-refractivity contribution in [3.63, 3.8) is 0 Å². The predicted molar refractivity (Wildman–Crippen MR) is 127 cm³/mol. The maximum absolute atomic E-state index is 12.6. The first-order chi connectivity index (χ1) is 16.9. The number of aromatic amines is 1. The van der Waals surface area contributed by atoms with Crippen LogP contribution in [0.25, 0.3) is 0 Å². The Morgan fingerprint density at radius 3 is 2.69 bits per heavy atom. The smallest absolute Gasteiger partial charge is 0.343 e. The molecule has 1 atom stereocenters. The third-order valence-corrected chi connectivity index (χ3v) is 5.96. The number of carbonyl (C=O) groups is 2. The lowest BCUT2D eigenvalue weighted by Gasteiger charge is -2.18. The molecule has 0 aliphatic carbocycles. The molecule has 0 unspecified atom stereocenters. The Morgan fingerprint density at radius 1 is 1.20 bits per heavy atom. The van der Waals surface area contributed by atoms with E-state index in [1.165, 1.54) is 5.56 Å². The Kier molecular flexibility index (Phi) is 7.05. The number of fused-ring (bicyclic) bond motifs is 1. The van der Waals surface area contributed by atoms with Gasteiger partial charge in [0.05, 0.1) is 25.9 Å². The van der Waals surface area contributed by atoms with E-state index in [0.717, 1.165) is 44.1 Å². The molecule has 1 aromatic heterocycles. The van der Waals surface area contributed by atoms with Crippen LogP contribution < -0.4 is 20.8 Å². The van der Waals surface area contributed by atoms with Crippen LogP contribution in [0.5, 0.6) is 17.2 Å². The first-order valence-corrected chi connectivity index (χ1v) is 11.2. The Labute approximate surface area is 201 Å². The molecule has 0 radical (unpaired) electrons. The second-order valence-corrected chi connectivity index (χ2v) is 8.22. The molecule has 3 aromatic rings. The van der Waals surface area contributed by atoms with Crippen molar-refractivity contribution in [2.24, 2.45) is 5.73 Å². The average Bonchev–Trinajstić information content (AvgIpc) is 3.31. The van der Waals surface area contributed by atoms with Crippen LogP contribution in [0.15, 0.2) is 53.5 Å². The summed E-state index contributed by atoms with van der Waals surface area (Å²) in [5, 5.41) is 10.6. The molecule has 4 N–H and O–H groups in total. The molecule has 9 heteroatoms. The zero-order valence-electron chi connectivity index (χ0n) is 19.2. The lowest BCUT2D eigenvalue weighted by atomic mass is 9.87. The maximum Gasteiger partial charge on any atom is 0.343 e. The van der Waals surface area contributed by atoms with Crippen LogP contribution in [-0.4, -0.2) is 42.3 Å². The predicted octanol–water partition coefficient (Wildman–Crippen LogP) is 2.43. The number of nitrogens with one attached hydrogen (secondary N) is 1. The van der Waals surface area contributed by atoms with E-state index in [0.29, 0.717) is 17.9 Å². The van der Waals surface area contributed by atoms with Gasteiger partial charge >= 0.3 is 5.97 Å². The largest absolute Gasteiger partial charge is 0.506 e. The molecule has 4 rings (SSSR count). The van der Waals surface area contributed by atoms with Gasteiger partial charge < -0.3 is 30.0 Å². The number of nitrogens with two attached hydrogens (primary N) is 1. The molecule has 0 saturated carbocycles. The molecule has 0 bridgehead atoms. The molecular weight excluding hydrogens is 452 g/mol. The van der Waals surface area contributed by atoms with Crippen LogP contribution in [-0.2, 0) is 22.4 Å². The van der Waals surface area contributed by atoms with Crippen LogP contribution in [0.4, 0.5) is 0 Å². The Hall–Kier alpha value is -4.27. The topological polar surface area (TPSA) is 141 Å². The van der Waals surface area contributed by atoms with Crippen molar-refractivity contribution in [3.05, 3.63) is 86.8 Å². The number of carbonyl (C=O) groups excluding carboxylic acids is 2. The van der Waals surface area contributed by atoms with E-state index in [1.54, 1.807) is 24.3 Å². The minimum atomic E-state index is -0.872. The highest BCUT2D eigenvalue weighted by atomic mass is 16.5. The van der Waals surface area contributed by atoms with Crippen molar-refractivity contribution in [2.75, 3.05) is 20.3 Å². The fourth-order valence-electron chi connectivity index (χ4n) is 4.19. The maximum atomic E-state index is 12.6. The highest BCUT2D eigenvalue weighted by molar-refractivity contribution is 5.92. The molecule has 182 valence electrons. The summed E-state index contributed by atoms with van der Waals surface area (Å²) in [7, 11) is 1.16. The Morgan fingerprint density at radius 2 is 1.97 bits per heavy atom. The molecule has 2 heterocycles. The number of pyridine rings is 1. The second-order valence-electron chi connectivity index (χ2n) is 8.22. The van der Waals surface area contributed by atoms with Gasteiger partial charge in [0.15, 0.2) is 0 Å². The average molecular weight is 479 g/mol. The molecule has 9 nitrogen and oxygen atoms in total. The first-order valence-electron chi connectivity index (χ1n) is 11.2. The molecule has 0 fully saturated rings. The van der Waals surface area contributed by atoms with E-state index in [1.807, 2.05) is 12.1 Å². The zero-order valence-corrected chi connectivity index (χ0v) is 19.2. The summed E-state index contributed by atoms with van der Waals surface area (Å²) in [6, 6.07) is 13.0. The number of hydrogen-bond donors (Lipinski definition) is 3. The summed E-state index contributed by atoms with van der Waals surface area (Å²) in [6.45, 7) is 1.18. The normalized spacial score (nSPS) is 12.9. The molecule has 1 aliphatic rings. The van der Waals surface area contributed by atoms with Gasteiger partial charge in [0.2, 0.25) is 5.91 Å². The van der Waals surface area contributed by atoms with Crippen LogP contribution in [0, 0.1) is 0 Å². The summed E-state index contributed by atoms with van der Waals surface area (Å²) < 4.78 is 16.0. The van der Waals surface area contributed by atoms with Crippen molar-refractivity contribution < 1.29 is 28.9 Å². The van der Waals surface area contributed by atoms with E-state index in [4.69, 9.17) is 15.2 Å².